The Kier molecular flexibility index (Phi) is 8.47. The second-order valence-corrected chi connectivity index (χ2v) is 10.1. The molecule has 2 heterocycles. The van der Waals surface area contributed by atoms with Crippen LogP contribution in [-0.4, -0.2) is 52.3 Å². The van der Waals surface area contributed by atoms with Crippen LogP contribution in [0.3, 0.4) is 0 Å². The summed E-state index contributed by atoms with van der Waals surface area (Å²) in [5.74, 6) is -1.39. The van der Waals surface area contributed by atoms with E-state index in [0.717, 1.165) is 16.4 Å². The van der Waals surface area contributed by atoms with Crippen LogP contribution in [0.15, 0.2) is 30.3 Å². The Hall–Kier alpha value is -3.72. The molecule has 0 aliphatic carbocycles. The van der Waals surface area contributed by atoms with Crippen LogP contribution in [0, 0.1) is 23.1 Å². The minimum Gasteiger partial charge on any atom is -0.480 e. The number of hydrogen-bond donors (Lipinski definition) is 1. The third-order valence-electron chi connectivity index (χ3n) is 6.00. The highest BCUT2D eigenvalue weighted by Gasteiger charge is 2.31. The summed E-state index contributed by atoms with van der Waals surface area (Å²) in [6, 6.07) is 8.41. The number of methoxy groups -OCH3 is 1. The highest BCUT2D eigenvalue weighted by Crippen LogP contribution is 2.30. The fraction of sp³-hybridized carbons (Fsp3) is 0.417. The van der Waals surface area contributed by atoms with Crippen molar-refractivity contribution in [2.24, 2.45) is 5.92 Å². The first-order valence-electron chi connectivity index (χ1n) is 11.4. The molecule has 1 aromatic heterocycles. The molecule has 2 aromatic rings. The number of ketones is 1. The van der Waals surface area contributed by atoms with Crippen molar-refractivity contribution in [1.82, 2.24) is 9.71 Å². The molecule has 192 valence electrons. The van der Waals surface area contributed by atoms with E-state index in [4.69, 9.17) is 4.74 Å². The van der Waals surface area contributed by atoms with Gasteiger partial charge in [-0.1, -0.05) is 6.92 Å². The average molecular weight is 518 g/mol. The molecule has 0 atom stereocenters. The van der Waals surface area contributed by atoms with E-state index >= 15 is 0 Å². The number of aromatic nitrogens is 1. The lowest BCUT2D eigenvalue weighted by Crippen LogP contribution is -2.47. The Labute approximate surface area is 209 Å². The van der Waals surface area contributed by atoms with Crippen LogP contribution in [0.25, 0.3) is 0 Å². The molecule has 3 rings (SSSR count). The second-order valence-electron chi connectivity index (χ2n) is 8.38. The zero-order valence-electron chi connectivity index (χ0n) is 20.3. The number of carbonyl (C=O) groups excluding carboxylic acids is 2. The quantitative estimate of drug-likeness (QED) is 0.502. The number of piperidine rings is 1. The third-order valence-corrected chi connectivity index (χ3v) is 7.40. The highest BCUT2D eigenvalue weighted by molar-refractivity contribution is 7.91. The number of rotatable bonds is 9. The van der Waals surface area contributed by atoms with Crippen molar-refractivity contribution in [2.45, 2.75) is 32.6 Å². The lowest BCUT2D eigenvalue weighted by atomic mass is 9.96. The lowest BCUT2D eigenvalue weighted by molar-refractivity contribution is -0.123. The van der Waals surface area contributed by atoms with E-state index in [-0.39, 0.29) is 28.5 Å². The first kappa shape index (κ1) is 26.9. The normalized spacial score (nSPS) is 14.1. The Bertz CT molecular complexity index is 1270. The maximum absolute atomic E-state index is 13.1. The molecule has 0 unspecified atom stereocenters. The lowest BCUT2D eigenvalue weighted by Gasteiger charge is -2.33. The van der Waals surface area contributed by atoms with Gasteiger partial charge in [-0.2, -0.15) is 18.7 Å². The molecule has 0 saturated carbocycles. The van der Waals surface area contributed by atoms with Crippen LogP contribution in [0.4, 0.5) is 15.9 Å². The minimum atomic E-state index is -4.18. The van der Waals surface area contributed by atoms with E-state index in [1.807, 2.05) is 11.8 Å². The monoisotopic (exact) mass is 517 g/mol. The first-order chi connectivity index (χ1) is 17.1. The third kappa shape index (κ3) is 5.91. The highest BCUT2D eigenvalue weighted by atomic mass is 32.2. The Morgan fingerprint density at radius 1 is 1.28 bits per heavy atom. The van der Waals surface area contributed by atoms with Gasteiger partial charge in [0.05, 0.1) is 23.9 Å². The van der Waals surface area contributed by atoms with Crippen LogP contribution in [0.5, 0.6) is 5.88 Å². The number of nitrogens with one attached hydrogen (secondary N) is 1. The summed E-state index contributed by atoms with van der Waals surface area (Å²) in [6.45, 7) is 2.57. The molecule has 0 radical (unpaired) electrons. The molecule has 1 aromatic carbocycles. The zero-order chi connectivity index (χ0) is 26.5. The van der Waals surface area contributed by atoms with Gasteiger partial charge in [0, 0.05) is 32.5 Å². The summed E-state index contributed by atoms with van der Waals surface area (Å²) >= 11 is 0. The van der Waals surface area contributed by atoms with E-state index in [9.17, 15) is 27.7 Å². The number of nitriles is 1. The molecule has 1 aliphatic heterocycles. The molecule has 10 nitrogen and oxygen atoms in total. The fourth-order valence-electron chi connectivity index (χ4n) is 3.95. The summed E-state index contributed by atoms with van der Waals surface area (Å²) in [7, 11) is -1.51. The van der Waals surface area contributed by atoms with Crippen molar-refractivity contribution in [3.63, 3.8) is 0 Å². The van der Waals surface area contributed by atoms with Gasteiger partial charge in [-0.15, -0.1) is 0 Å². The minimum absolute atomic E-state index is 0.136. The molecular formula is C24H28FN5O5S. The van der Waals surface area contributed by atoms with Crippen molar-refractivity contribution >= 4 is 33.4 Å². The van der Waals surface area contributed by atoms with Gasteiger partial charge in [0.25, 0.3) is 0 Å². The van der Waals surface area contributed by atoms with Crippen LogP contribution in [0.1, 0.15) is 48.5 Å². The van der Waals surface area contributed by atoms with Gasteiger partial charge in [-0.25, -0.2) is 9.11 Å². The van der Waals surface area contributed by atoms with E-state index < -0.39 is 27.9 Å². The summed E-state index contributed by atoms with van der Waals surface area (Å²) in [4.78, 5) is 31.4. The molecule has 0 bridgehead atoms. The number of nitrogens with zero attached hydrogens (tertiary/aromatic N) is 4. The van der Waals surface area contributed by atoms with Gasteiger partial charge < -0.3 is 9.64 Å². The molecule has 1 fully saturated rings. The zero-order valence-corrected chi connectivity index (χ0v) is 21.1. The predicted octanol–water partition coefficient (Wildman–Crippen LogP) is 2.80. The number of halogens is 1. The first-order valence-corrected chi connectivity index (χ1v) is 12.9. The number of amides is 1. The summed E-state index contributed by atoms with van der Waals surface area (Å²) in [5, 5.41) is 9.65. The summed E-state index contributed by atoms with van der Waals surface area (Å²) in [5.41, 5.74) is 0.683. The molecular weight excluding hydrogens is 489 g/mol. The fourth-order valence-corrected chi connectivity index (χ4v) is 4.91. The van der Waals surface area contributed by atoms with Crippen molar-refractivity contribution in [3.05, 3.63) is 47.3 Å². The molecule has 0 spiro atoms. The molecule has 1 aliphatic rings. The van der Waals surface area contributed by atoms with E-state index in [1.54, 1.807) is 0 Å². The van der Waals surface area contributed by atoms with Crippen LogP contribution in [0.2, 0.25) is 0 Å². The van der Waals surface area contributed by atoms with Gasteiger partial charge in [0.2, 0.25) is 11.8 Å². The molecule has 12 heteroatoms. The SMILES string of the molecule is CCCC(=O)c1cc(C#N)c(N2CCC(C(=O)NS(=O)(=O)N(C)c3ccc(F)cc3)CC2)nc1OC. The van der Waals surface area contributed by atoms with Crippen LogP contribution < -0.4 is 18.7 Å². The molecule has 1 N–H and O–H groups in total. The van der Waals surface area contributed by atoms with E-state index in [1.165, 1.54) is 32.4 Å². The second kappa shape index (κ2) is 11.3. The molecule has 1 saturated heterocycles. The van der Waals surface area contributed by atoms with Gasteiger partial charge in [0.15, 0.2) is 11.6 Å². The Morgan fingerprint density at radius 2 is 1.92 bits per heavy atom. The number of pyridine rings is 1. The number of hydrogen-bond acceptors (Lipinski definition) is 8. The van der Waals surface area contributed by atoms with Gasteiger partial charge >= 0.3 is 10.2 Å². The van der Waals surface area contributed by atoms with Crippen molar-refractivity contribution in [1.29, 1.82) is 5.26 Å². The largest absolute Gasteiger partial charge is 0.480 e. The van der Waals surface area contributed by atoms with Gasteiger partial charge in [-0.3, -0.25) is 13.9 Å². The molecule has 1 amide bonds. The topological polar surface area (TPSA) is 133 Å². The van der Waals surface area contributed by atoms with Crippen molar-refractivity contribution in [3.8, 4) is 11.9 Å². The van der Waals surface area contributed by atoms with E-state index in [0.29, 0.717) is 44.6 Å². The van der Waals surface area contributed by atoms with Gasteiger partial charge in [0.1, 0.15) is 11.9 Å². The number of benzene rings is 1. The average Bonchev–Trinajstić information content (AvgIpc) is 2.87. The standard InChI is InChI=1S/C24H28FN5O5S/c1-4-5-21(31)20-14-17(15-26)22(27-24(20)35-3)30-12-10-16(11-13-30)23(32)28-36(33,34)29(2)19-8-6-18(25)7-9-19/h6-9,14,16H,4-5,10-13H2,1-3H3,(H,28,32). The van der Waals surface area contributed by atoms with Crippen LogP contribution >= 0.6 is 0 Å². The predicted molar refractivity (Wildman–Crippen MR) is 132 cm³/mol. The van der Waals surface area contributed by atoms with Gasteiger partial charge in [-0.05, 0) is 49.6 Å². The number of anilines is 2. The Balaban J connectivity index is 1.69. The van der Waals surface area contributed by atoms with Crippen molar-refractivity contribution in [2.75, 3.05) is 36.5 Å². The van der Waals surface area contributed by atoms with E-state index in [2.05, 4.69) is 15.8 Å². The van der Waals surface area contributed by atoms with Crippen LogP contribution in [-0.2, 0) is 15.0 Å². The van der Waals surface area contributed by atoms with Crippen molar-refractivity contribution < 1.29 is 27.1 Å². The number of Topliss-reactive ketones (excluding diaryl/α,β-unsaturated/α-hetero) is 1. The summed E-state index contributed by atoms with van der Waals surface area (Å²) in [6.07, 6.45) is 1.61. The maximum Gasteiger partial charge on any atom is 0.325 e. The number of ether oxygens (including phenoxy) is 1. The molecule has 36 heavy (non-hydrogen) atoms. The Morgan fingerprint density at radius 3 is 2.47 bits per heavy atom. The maximum atomic E-state index is 13.1. The smallest absolute Gasteiger partial charge is 0.325 e. The number of carbonyl (C=O) groups is 2. The summed E-state index contributed by atoms with van der Waals surface area (Å²) < 4.78 is 46.7.